The highest BCUT2D eigenvalue weighted by atomic mass is 16.5. The van der Waals surface area contributed by atoms with Crippen LogP contribution in [-0.4, -0.2) is 18.4 Å². The van der Waals surface area contributed by atoms with Crippen LogP contribution in [-0.2, 0) is 9.59 Å². The number of ether oxygens (including phenoxy) is 1. The van der Waals surface area contributed by atoms with Crippen LogP contribution in [0.15, 0.2) is 54.6 Å². The summed E-state index contributed by atoms with van der Waals surface area (Å²) < 4.78 is 5.43. The minimum Gasteiger partial charge on any atom is -0.484 e. The van der Waals surface area contributed by atoms with Crippen LogP contribution in [0, 0.1) is 6.92 Å². The van der Waals surface area contributed by atoms with Gasteiger partial charge in [0.15, 0.2) is 6.61 Å². The lowest BCUT2D eigenvalue weighted by molar-refractivity contribution is -0.128. The Kier molecular flexibility index (Phi) is 7.62. The van der Waals surface area contributed by atoms with E-state index in [1.807, 2.05) is 55.5 Å². The Hall–Kier alpha value is -3.08. The molecule has 0 saturated heterocycles. The molecule has 0 fully saturated rings. The fraction of sp³-hybridized carbons (Fsp3) is 0.273. The molecule has 2 N–H and O–H groups in total. The first kappa shape index (κ1) is 20.2. The molecule has 0 aliphatic carbocycles. The molecular formula is C22H26N2O3. The van der Waals surface area contributed by atoms with Crippen molar-refractivity contribution in [3.63, 3.8) is 0 Å². The number of carbonyl (C=O) groups excluding carboxylic acids is 2. The van der Waals surface area contributed by atoms with E-state index in [0.29, 0.717) is 11.7 Å². The van der Waals surface area contributed by atoms with E-state index in [9.17, 15) is 9.59 Å². The summed E-state index contributed by atoms with van der Waals surface area (Å²) in [5.41, 5.74) is 7.95. The fourth-order valence-corrected chi connectivity index (χ4v) is 2.34. The number of carbonyl (C=O) groups is 2. The van der Waals surface area contributed by atoms with Gasteiger partial charge >= 0.3 is 0 Å². The lowest BCUT2D eigenvalue weighted by Gasteiger charge is -2.11. The van der Waals surface area contributed by atoms with Gasteiger partial charge in [-0.1, -0.05) is 55.8 Å². The second-order valence-electron chi connectivity index (χ2n) is 6.45. The van der Waals surface area contributed by atoms with Gasteiger partial charge in [-0.25, -0.2) is 0 Å². The average molecular weight is 366 g/mol. The highest BCUT2D eigenvalue weighted by molar-refractivity contribution is 5.93. The summed E-state index contributed by atoms with van der Waals surface area (Å²) in [6.45, 7) is 6.13. The number of nitrogens with one attached hydrogen (secondary N) is 2. The number of benzene rings is 2. The number of hydrazine groups is 1. The number of aryl methyl sites for hydroxylation is 1. The first-order chi connectivity index (χ1) is 13.0. The highest BCUT2D eigenvalue weighted by Crippen LogP contribution is 2.21. The van der Waals surface area contributed by atoms with E-state index in [1.54, 1.807) is 6.08 Å². The van der Waals surface area contributed by atoms with E-state index in [2.05, 4.69) is 24.7 Å². The third-order valence-electron chi connectivity index (χ3n) is 4.26. The smallest absolute Gasteiger partial charge is 0.276 e. The molecular weight excluding hydrogens is 340 g/mol. The Balaban J connectivity index is 1.72. The second-order valence-corrected chi connectivity index (χ2v) is 6.45. The highest BCUT2D eigenvalue weighted by Gasteiger charge is 2.06. The maximum atomic E-state index is 11.8. The quantitative estimate of drug-likeness (QED) is 0.579. The van der Waals surface area contributed by atoms with Gasteiger partial charge in [0.2, 0.25) is 0 Å². The SMILES string of the molecule is CCC(C)c1ccc(OCC(=O)NNC(=O)/C=C/c2ccc(C)cc2)cc1. The predicted octanol–water partition coefficient (Wildman–Crippen LogP) is 3.75. The molecule has 0 heterocycles. The van der Waals surface area contributed by atoms with Gasteiger partial charge in [0.25, 0.3) is 11.8 Å². The van der Waals surface area contributed by atoms with Gasteiger partial charge in [0, 0.05) is 6.08 Å². The normalized spacial score (nSPS) is 11.8. The number of hydrogen-bond acceptors (Lipinski definition) is 3. The Bertz CT molecular complexity index is 780. The molecule has 27 heavy (non-hydrogen) atoms. The first-order valence-electron chi connectivity index (χ1n) is 9.04. The molecule has 0 radical (unpaired) electrons. The minimum atomic E-state index is -0.432. The number of rotatable bonds is 7. The van der Waals surface area contributed by atoms with Crippen LogP contribution in [0.4, 0.5) is 0 Å². The van der Waals surface area contributed by atoms with Gasteiger partial charge in [0.05, 0.1) is 0 Å². The molecule has 1 atom stereocenters. The van der Waals surface area contributed by atoms with Crippen molar-refractivity contribution in [1.82, 2.24) is 10.9 Å². The summed E-state index contributed by atoms with van der Waals surface area (Å²) in [4.78, 5) is 23.5. The van der Waals surface area contributed by atoms with Crippen LogP contribution >= 0.6 is 0 Å². The van der Waals surface area contributed by atoms with E-state index in [0.717, 1.165) is 17.5 Å². The molecule has 0 aliphatic rings. The van der Waals surface area contributed by atoms with Crippen molar-refractivity contribution in [2.75, 3.05) is 6.61 Å². The van der Waals surface area contributed by atoms with Gasteiger partial charge in [-0.3, -0.25) is 20.4 Å². The van der Waals surface area contributed by atoms with Crippen molar-refractivity contribution in [2.24, 2.45) is 0 Å². The van der Waals surface area contributed by atoms with Crippen molar-refractivity contribution in [3.05, 3.63) is 71.3 Å². The van der Waals surface area contributed by atoms with Crippen LogP contribution in [0.25, 0.3) is 6.08 Å². The summed E-state index contributed by atoms with van der Waals surface area (Å²) in [5, 5.41) is 0. The molecule has 0 bridgehead atoms. The topological polar surface area (TPSA) is 67.4 Å². The van der Waals surface area contributed by atoms with E-state index >= 15 is 0 Å². The molecule has 2 aromatic carbocycles. The van der Waals surface area contributed by atoms with E-state index < -0.39 is 11.8 Å². The predicted molar refractivity (Wildman–Crippen MR) is 107 cm³/mol. The minimum absolute atomic E-state index is 0.176. The van der Waals surface area contributed by atoms with Gasteiger partial charge < -0.3 is 4.74 Å². The Labute approximate surface area is 160 Å². The summed E-state index contributed by atoms with van der Waals surface area (Å²) in [7, 11) is 0. The summed E-state index contributed by atoms with van der Waals surface area (Å²) >= 11 is 0. The van der Waals surface area contributed by atoms with Crippen molar-refractivity contribution >= 4 is 17.9 Å². The molecule has 0 saturated carbocycles. The molecule has 5 nitrogen and oxygen atoms in total. The summed E-state index contributed by atoms with van der Waals surface area (Å²) in [6.07, 6.45) is 4.11. The van der Waals surface area contributed by atoms with Crippen LogP contribution in [0.3, 0.4) is 0 Å². The van der Waals surface area contributed by atoms with E-state index in [1.165, 1.54) is 11.6 Å². The number of amides is 2. The largest absolute Gasteiger partial charge is 0.484 e. The third kappa shape index (κ3) is 6.98. The molecule has 0 spiro atoms. The molecule has 2 aromatic rings. The molecule has 0 aromatic heterocycles. The maximum absolute atomic E-state index is 11.8. The Morgan fingerprint density at radius 3 is 2.33 bits per heavy atom. The molecule has 0 aliphatic heterocycles. The first-order valence-corrected chi connectivity index (χ1v) is 9.04. The molecule has 1 unspecified atom stereocenters. The zero-order valence-corrected chi connectivity index (χ0v) is 16.0. The Morgan fingerprint density at radius 1 is 1.04 bits per heavy atom. The molecule has 5 heteroatoms. The van der Waals surface area contributed by atoms with Crippen molar-refractivity contribution < 1.29 is 14.3 Å². The van der Waals surface area contributed by atoms with Crippen molar-refractivity contribution in [3.8, 4) is 5.75 Å². The monoisotopic (exact) mass is 366 g/mol. The van der Waals surface area contributed by atoms with Crippen molar-refractivity contribution in [2.45, 2.75) is 33.1 Å². The second kappa shape index (κ2) is 10.2. The maximum Gasteiger partial charge on any atom is 0.276 e. The van der Waals surface area contributed by atoms with Gasteiger partial charge in [-0.15, -0.1) is 0 Å². The fourth-order valence-electron chi connectivity index (χ4n) is 2.34. The van der Waals surface area contributed by atoms with Crippen LogP contribution in [0.1, 0.15) is 42.9 Å². The molecule has 142 valence electrons. The number of hydrogen-bond donors (Lipinski definition) is 2. The zero-order valence-electron chi connectivity index (χ0n) is 16.0. The van der Waals surface area contributed by atoms with Gasteiger partial charge in [-0.2, -0.15) is 0 Å². The molecule has 2 amide bonds. The van der Waals surface area contributed by atoms with E-state index in [-0.39, 0.29) is 6.61 Å². The lowest BCUT2D eigenvalue weighted by atomic mass is 9.99. The van der Waals surface area contributed by atoms with Gasteiger partial charge in [0.1, 0.15) is 5.75 Å². The lowest BCUT2D eigenvalue weighted by Crippen LogP contribution is -2.43. The average Bonchev–Trinajstić information content (AvgIpc) is 2.70. The zero-order chi connectivity index (χ0) is 19.6. The summed E-state index contributed by atoms with van der Waals surface area (Å²) in [6, 6.07) is 15.4. The van der Waals surface area contributed by atoms with Gasteiger partial charge in [-0.05, 0) is 48.6 Å². The standard InChI is InChI=1S/C22H26N2O3/c1-4-17(3)19-10-12-20(13-11-19)27-15-22(26)24-23-21(25)14-9-18-7-5-16(2)6-8-18/h5-14,17H,4,15H2,1-3H3,(H,23,25)(H,24,26)/b14-9+. The van der Waals surface area contributed by atoms with Crippen LogP contribution in [0.2, 0.25) is 0 Å². The summed E-state index contributed by atoms with van der Waals surface area (Å²) in [5.74, 6) is 0.258. The van der Waals surface area contributed by atoms with Crippen LogP contribution in [0.5, 0.6) is 5.75 Å². The molecule has 2 rings (SSSR count). The van der Waals surface area contributed by atoms with E-state index in [4.69, 9.17) is 4.74 Å². The third-order valence-corrected chi connectivity index (χ3v) is 4.26. The van der Waals surface area contributed by atoms with Crippen molar-refractivity contribution in [1.29, 1.82) is 0 Å². The Morgan fingerprint density at radius 2 is 1.70 bits per heavy atom. The van der Waals surface area contributed by atoms with Crippen LogP contribution < -0.4 is 15.6 Å².